The zero-order valence-corrected chi connectivity index (χ0v) is 11.6. The number of urea groups is 1. The van der Waals surface area contributed by atoms with E-state index in [1.807, 2.05) is 6.92 Å². The van der Waals surface area contributed by atoms with Crippen LogP contribution in [0, 0.1) is 5.41 Å². The molecule has 0 saturated carbocycles. The van der Waals surface area contributed by atoms with Crippen molar-refractivity contribution in [1.82, 2.24) is 15.6 Å². The van der Waals surface area contributed by atoms with E-state index in [4.69, 9.17) is 15.9 Å². The average Bonchev–Trinajstić information content (AvgIpc) is 2.39. The van der Waals surface area contributed by atoms with Crippen LogP contribution in [0.2, 0.25) is 0 Å². The molecule has 0 spiro atoms. The van der Waals surface area contributed by atoms with Crippen LogP contribution in [-0.2, 0) is 4.74 Å². The molecule has 0 aliphatic carbocycles. The van der Waals surface area contributed by atoms with E-state index in [0.29, 0.717) is 36.8 Å². The molecule has 6 N–H and O–H groups in total. The fourth-order valence-electron chi connectivity index (χ4n) is 1.44. The largest absolute Gasteiger partial charge is 0.398 e. The van der Waals surface area contributed by atoms with E-state index in [1.54, 1.807) is 7.11 Å². The van der Waals surface area contributed by atoms with Crippen LogP contribution in [0.4, 0.5) is 16.3 Å². The highest BCUT2D eigenvalue weighted by atomic mass is 16.5. The second-order valence-electron chi connectivity index (χ2n) is 3.94. The van der Waals surface area contributed by atoms with E-state index < -0.39 is 0 Å². The number of carbonyl (C=O) groups is 1. The third-order valence-corrected chi connectivity index (χ3v) is 2.39. The predicted molar refractivity (Wildman–Crippen MR) is 78.1 cm³/mol. The average molecular weight is 280 g/mol. The minimum absolute atomic E-state index is 0.164. The van der Waals surface area contributed by atoms with E-state index in [1.165, 1.54) is 12.3 Å². The van der Waals surface area contributed by atoms with Gasteiger partial charge in [-0.25, -0.2) is 9.78 Å². The normalized spacial score (nSPS) is 9.90. The highest BCUT2D eigenvalue weighted by molar-refractivity contribution is 6.01. The summed E-state index contributed by atoms with van der Waals surface area (Å²) in [5.74, 6) is 0.499. The number of hydrogen-bond donors (Lipinski definition) is 5. The summed E-state index contributed by atoms with van der Waals surface area (Å²) in [4.78, 5) is 15.4. The van der Waals surface area contributed by atoms with Crippen molar-refractivity contribution in [3.63, 3.8) is 0 Å². The third kappa shape index (κ3) is 4.73. The molecule has 0 aliphatic heterocycles. The van der Waals surface area contributed by atoms with Gasteiger partial charge in [-0.3, -0.25) is 10.7 Å². The summed E-state index contributed by atoms with van der Waals surface area (Å²) in [6.45, 7) is 3.34. The molecule has 0 bridgehead atoms. The number of methoxy groups -OCH3 is 1. The first-order valence-corrected chi connectivity index (χ1v) is 6.20. The van der Waals surface area contributed by atoms with Crippen molar-refractivity contribution in [3.8, 4) is 0 Å². The zero-order chi connectivity index (χ0) is 15.0. The van der Waals surface area contributed by atoms with Gasteiger partial charge < -0.3 is 21.1 Å². The van der Waals surface area contributed by atoms with Crippen LogP contribution in [0.5, 0.6) is 0 Å². The van der Waals surface area contributed by atoms with Gasteiger partial charge in [0.25, 0.3) is 0 Å². The highest BCUT2D eigenvalue weighted by Crippen LogP contribution is 2.14. The Kier molecular flexibility index (Phi) is 6.24. The van der Waals surface area contributed by atoms with Crippen LogP contribution in [0.15, 0.2) is 12.3 Å². The van der Waals surface area contributed by atoms with Crippen molar-refractivity contribution < 1.29 is 9.53 Å². The summed E-state index contributed by atoms with van der Waals surface area (Å²) < 4.78 is 4.88. The number of nitrogens with two attached hydrogens (primary N) is 1. The number of hydrogen-bond acceptors (Lipinski definition) is 5. The van der Waals surface area contributed by atoms with Gasteiger partial charge in [0.15, 0.2) is 0 Å². The Morgan fingerprint density at radius 3 is 2.85 bits per heavy atom. The van der Waals surface area contributed by atoms with Crippen LogP contribution in [-0.4, -0.2) is 43.7 Å². The Morgan fingerprint density at radius 2 is 2.25 bits per heavy atom. The first-order valence-electron chi connectivity index (χ1n) is 6.20. The maximum atomic E-state index is 11.3. The van der Waals surface area contributed by atoms with Gasteiger partial charge in [0.2, 0.25) is 0 Å². The topological polar surface area (TPSA) is 125 Å². The van der Waals surface area contributed by atoms with Gasteiger partial charge in [-0.2, -0.15) is 0 Å². The molecular weight excluding hydrogens is 260 g/mol. The lowest BCUT2D eigenvalue weighted by atomic mass is 10.2. The first-order chi connectivity index (χ1) is 9.58. The highest BCUT2D eigenvalue weighted by Gasteiger charge is 2.09. The van der Waals surface area contributed by atoms with E-state index >= 15 is 0 Å². The number of amides is 2. The number of amidine groups is 1. The van der Waals surface area contributed by atoms with E-state index in [2.05, 4.69) is 20.9 Å². The van der Waals surface area contributed by atoms with Crippen molar-refractivity contribution in [1.29, 1.82) is 5.41 Å². The number of nitrogen functional groups attached to an aromatic ring is 1. The molecule has 0 radical (unpaired) electrons. The number of nitrogens with one attached hydrogen (secondary N) is 4. The fraction of sp³-hybridized carbons (Fsp3) is 0.417. The van der Waals surface area contributed by atoms with Crippen molar-refractivity contribution in [2.24, 2.45) is 0 Å². The van der Waals surface area contributed by atoms with Gasteiger partial charge >= 0.3 is 6.03 Å². The molecular formula is C12H20N6O2. The molecule has 0 aliphatic rings. The van der Waals surface area contributed by atoms with E-state index in [9.17, 15) is 4.79 Å². The van der Waals surface area contributed by atoms with Crippen molar-refractivity contribution in [2.75, 3.05) is 37.9 Å². The second-order valence-corrected chi connectivity index (χ2v) is 3.94. The SMILES string of the molecule is CCNC(=O)Nc1cc(N)c(C(=N)NCCOC)cn1. The third-order valence-electron chi connectivity index (χ3n) is 2.39. The second kappa shape index (κ2) is 7.95. The predicted octanol–water partition coefficient (Wildman–Crippen LogP) is 0.367. The van der Waals surface area contributed by atoms with Gasteiger partial charge in [0.1, 0.15) is 11.7 Å². The number of rotatable bonds is 6. The van der Waals surface area contributed by atoms with Crippen LogP contribution < -0.4 is 21.7 Å². The van der Waals surface area contributed by atoms with Gasteiger partial charge in [-0.05, 0) is 6.92 Å². The molecule has 0 fully saturated rings. The van der Waals surface area contributed by atoms with E-state index in [-0.39, 0.29) is 11.9 Å². The summed E-state index contributed by atoms with van der Waals surface area (Å²) in [6, 6.07) is 1.16. The Bertz CT molecular complexity index is 477. The first kappa shape index (κ1) is 15.7. The van der Waals surface area contributed by atoms with Crippen molar-refractivity contribution in [2.45, 2.75) is 6.92 Å². The van der Waals surface area contributed by atoms with Crippen LogP contribution in [0.3, 0.4) is 0 Å². The lowest BCUT2D eigenvalue weighted by Crippen LogP contribution is -2.29. The monoisotopic (exact) mass is 280 g/mol. The van der Waals surface area contributed by atoms with Gasteiger partial charge in [0, 0.05) is 38.1 Å². The summed E-state index contributed by atoms with van der Waals surface area (Å²) in [5, 5.41) is 15.8. The van der Waals surface area contributed by atoms with Crippen LogP contribution >= 0.6 is 0 Å². The minimum Gasteiger partial charge on any atom is -0.398 e. The van der Waals surface area contributed by atoms with Crippen LogP contribution in [0.25, 0.3) is 0 Å². The van der Waals surface area contributed by atoms with Gasteiger partial charge in [-0.15, -0.1) is 0 Å². The standard InChI is InChI=1S/C12H20N6O2/c1-3-15-12(19)18-10-6-9(13)8(7-17-10)11(14)16-4-5-20-2/h6-7H,3-5H2,1-2H3,(H2,14,16)(H4,13,15,17,18,19). The zero-order valence-electron chi connectivity index (χ0n) is 11.6. The Balaban J connectivity index is 2.67. The molecule has 2 amide bonds. The maximum Gasteiger partial charge on any atom is 0.320 e. The summed E-state index contributed by atoms with van der Waals surface area (Å²) in [5.41, 5.74) is 6.69. The quantitative estimate of drug-likeness (QED) is 0.292. The van der Waals surface area contributed by atoms with Crippen molar-refractivity contribution >= 4 is 23.4 Å². The molecule has 8 nitrogen and oxygen atoms in total. The Hall–Kier alpha value is -2.35. The molecule has 1 rings (SSSR count). The van der Waals surface area contributed by atoms with Crippen LogP contribution in [0.1, 0.15) is 12.5 Å². The number of nitrogens with zero attached hydrogens (tertiary/aromatic N) is 1. The Labute approximate surface area is 117 Å². The number of pyridine rings is 1. The number of anilines is 2. The number of aromatic nitrogens is 1. The molecule has 0 unspecified atom stereocenters. The number of carbonyl (C=O) groups excluding carboxylic acids is 1. The van der Waals surface area contributed by atoms with E-state index in [0.717, 1.165) is 0 Å². The van der Waals surface area contributed by atoms with Crippen molar-refractivity contribution in [3.05, 3.63) is 17.8 Å². The minimum atomic E-state index is -0.347. The lowest BCUT2D eigenvalue weighted by Gasteiger charge is -2.11. The fourth-order valence-corrected chi connectivity index (χ4v) is 1.44. The van der Waals surface area contributed by atoms with Gasteiger partial charge in [0.05, 0.1) is 12.2 Å². The molecule has 8 heteroatoms. The molecule has 0 atom stereocenters. The molecule has 110 valence electrons. The molecule has 1 aromatic heterocycles. The molecule has 0 aromatic carbocycles. The summed E-state index contributed by atoms with van der Waals surface area (Å²) in [7, 11) is 1.59. The lowest BCUT2D eigenvalue weighted by molar-refractivity contribution is 0.204. The molecule has 0 saturated heterocycles. The van der Waals surface area contributed by atoms with Gasteiger partial charge in [-0.1, -0.05) is 0 Å². The Morgan fingerprint density at radius 1 is 1.50 bits per heavy atom. The summed E-state index contributed by atoms with van der Waals surface area (Å²) in [6.07, 6.45) is 1.44. The smallest absolute Gasteiger partial charge is 0.320 e. The molecule has 1 heterocycles. The number of ether oxygens (including phenoxy) is 1. The molecule has 1 aromatic rings. The molecule has 20 heavy (non-hydrogen) atoms. The summed E-state index contributed by atoms with van der Waals surface area (Å²) >= 11 is 0. The maximum absolute atomic E-state index is 11.3.